The number of carbonyl (C=O) groups excluding carboxylic acids is 1. The van der Waals surface area contributed by atoms with Crippen molar-refractivity contribution in [3.8, 4) is 6.07 Å². The molecule has 0 spiro atoms. The van der Waals surface area contributed by atoms with E-state index in [2.05, 4.69) is 6.92 Å². The van der Waals surface area contributed by atoms with Crippen LogP contribution in [0.25, 0.3) is 0 Å². The first-order valence-corrected chi connectivity index (χ1v) is 5.22. The van der Waals surface area contributed by atoms with Crippen LogP contribution in [0.2, 0.25) is 0 Å². The van der Waals surface area contributed by atoms with Gasteiger partial charge in [-0.15, -0.1) is 0 Å². The van der Waals surface area contributed by atoms with E-state index in [4.69, 9.17) is 5.26 Å². The maximum atomic E-state index is 11.8. The second-order valence-corrected chi connectivity index (χ2v) is 3.91. The molecule has 0 aromatic heterocycles. The van der Waals surface area contributed by atoms with Crippen LogP contribution in [-0.4, -0.2) is 23.4 Å². The molecule has 80 valence electrons. The first kappa shape index (κ1) is 13.0. The molecule has 0 saturated heterocycles. The van der Waals surface area contributed by atoms with Crippen molar-refractivity contribution >= 4 is 5.91 Å². The summed E-state index contributed by atoms with van der Waals surface area (Å²) in [4.78, 5) is 13.5. The molecular weight excluding hydrogens is 176 g/mol. The van der Waals surface area contributed by atoms with E-state index < -0.39 is 0 Å². The molecule has 0 rings (SSSR count). The Labute approximate surface area is 86.7 Å². The molecule has 0 aliphatic rings. The van der Waals surface area contributed by atoms with E-state index in [0.29, 0.717) is 0 Å². The molecule has 0 radical (unpaired) electrons. The fourth-order valence-corrected chi connectivity index (χ4v) is 1.43. The summed E-state index contributed by atoms with van der Waals surface area (Å²) in [6.45, 7) is 8.07. The molecule has 3 heteroatoms. The van der Waals surface area contributed by atoms with E-state index in [9.17, 15) is 4.79 Å². The third-order valence-electron chi connectivity index (χ3n) is 2.29. The highest BCUT2D eigenvalue weighted by atomic mass is 16.2. The zero-order valence-corrected chi connectivity index (χ0v) is 9.58. The SMILES string of the molecule is CCCC(C)C(=O)N(CC#N)C(C)C. The molecule has 1 amide bonds. The molecule has 0 bridgehead atoms. The van der Waals surface area contributed by atoms with Crippen molar-refractivity contribution in [2.24, 2.45) is 5.92 Å². The van der Waals surface area contributed by atoms with Crippen molar-refractivity contribution in [2.75, 3.05) is 6.54 Å². The van der Waals surface area contributed by atoms with Gasteiger partial charge in [-0.2, -0.15) is 5.26 Å². The van der Waals surface area contributed by atoms with Crippen LogP contribution in [0.15, 0.2) is 0 Å². The summed E-state index contributed by atoms with van der Waals surface area (Å²) < 4.78 is 0. The van der Waals surface area contributed by atoms with E-state index in [1.165, 1.54) is 0 Å². The van der Waals surface area contributed by atoms with Crippen molar-refractivity contribution in [1.29, 1.82) is 5.26 Å². The van der Waals surface area contributed by atoms with E-state index >= 15 is 0 Å². The predicted octanol–water partition coefficient (Wildman–Crippen LogP) is 2.18. The van der Waals surface area contributed by atoms with Gasteiger partial charge in [0.25, 0.3) is 0 Å². The van der Waals surface area contributed by atoms with Gasteiger partial charge in [0.1, 0.15) is 6.54 Å². The lowest BCUT2D eigenvalue weighted by Gasteiger charge is -2.26. The molecule has 0 aliphatic heterocycles. The topological polar surface area (TPSA) is 44.1 Å². The van der Waals surface area contributed by atoms with Gasteiger partial charge in [0.15, 0.2) is 0 Å². The zero-order chi connectivity index (χ0) is 11.1. The number of amides is 1. The fourth-order valence-electron chi connectivity index (χ4n) is 1.43. The molecule has 0 fully saturated rings. The van der Waals surface area contributed by atoms with Crippen molar-refractivity contribution in [1.82, 2.24) is 4.90 Å². The highest BCUT2D eigenvalue weighted by Gasteiger charge is 2.21. The largest absolute Gasteiger partial charge is 0.327 e. The predicted molar refractivity (Wildman–Crippen MR) is 56.5 cm³/mol. The summed E-state index contributed by atoms with van der Waals surface area (Å²) in [5.41, 5.74) is 0. The van der Waals surface area contributed by atoms with Crippen molar-refractivity contribution in [3.05, 3.63) is 0 Å². The number of nitriles is 1. The first-order valence-electron chi connectivity index (χ1n) is 5.22. The quantitative estimate of drug-likeness (QED) is 0.633. The van der Waals surface area contributed by atoms with E-state index in [1.807, 2.05) is 26.8 Å². The van der Waals surface area contributed by atoms with Crippen molar-refractivity contribution in [3.63, 3.8) is 0 Å². The van der Waals surface area contributed by atoms with E-state index in [0.717, 1.165) is 12.8 Å². The summed E-state index contributed by atoms with van der Waals surface area (Å²) in [5, 5.41) is 8.60. The molecule has 14 heavy (non-hydrogen) atoms. The molecule has 0 aromatic rings. The third-order valence-corrected chi connectivity index (χ3v) is 2.29. The lowest BCUT2D eigenvalue weighted by molar-refractivity contribution is -0.136. The van der Waals surface area contributed by atoms with E-state index in [1.54, 1.807) is 4.90 Å². The minimum Gasteiger partial charge on any atom is -0.327 e. The minimum atomic E-state index is 0.0377. The molecule has 0 N–H and O–H groups in total. The van der Waals surface area contributed by atoms with Gasteiger partial charge in [0.2, 0.25) is 5.91 Å². The normalized spacial score (nSPS) is 12.3. The van der Waals surface area contributed by atoms with Gasteiger partial charge >= 0.3 is 0 Å². The molecule has 0 heterocycles. The van der Waals surface area contributed by atoms with Crippen LogP contribution in [0.4, 0.5) is 0 Å². The van der Waals surface area contributed by atoms with Crippen LogP contribution >= 0.6 is 0 Å². The Kier molecular flexibility index (Phi) is 5.94. The first-order chi connectivity index (χ1) is 6.54. The van der Waals surface area contributed by atoms with Crippen LogP contribution in [0, 0.1) is 17.2 Å². The van der Waals surface area contributed by atoms with Gasteiger partial charge in [-0.25, -0.2) is 0 Å². The highest BCUT2D eigenvalue weighted by Crippen LogP contribution is 2.11. The van der Waals surface area contributed by atoms with Crippen molar-refractivity contribution < 1.29 is 4.79 Å². The smallest absolute Gasteiger partial charge is 0.226 e. The Bertz CT molecular complexity index is 218. The summed E-state index contributed by atoms with van der Waals surface area (Å²) in [6, 6.07) is 2.14. The highest BCUT2D eigenvalue weighted by molar-refractivity contribution is 5.78. The Hall–Kier alpha value is -1.04. The number of hydrogen-bond donors (Lipinski definition) is 0. The lowest BCUT2D eigenvalue weighted by Crippen LogP contribution is -2.40. The maximum absolute atomic E-state index is 11.8. The number of rotatable bonds is 5. The summed E-state index contributed by atoms with van der Waals surface area (Å²) in [6.07, 6.45) is 1.90. The monoisotopic (exact) mass is 196 g/mol. The maximum Gasteiger partial charge on any atom is 0.226 e. The average molecular weight is 196 g/mol. The van der Waals surface area contributed by atoms with Gasteiger partial charge < -0.3 is 4.90 Å². The molecule has 1 unspecified atom stereocenters. The molecular formula is C11H20N2O. The van der Waals surface area contributed by atoms with Crippen LogP contribution in [-0.2, 0) is 4.79 Å². The summed E-state index contributed by atoms with van der Waals surface area (Å²) >= 11 is 0. The number of carbonyl (C=O) groups is 1. The molecule has 1 atom stereocenters. The second kappa shape index (κ2) is 6.42. The Morgan fingerprint density at radius 3 is 2.36 bits per heavy atom. The minimum absolute atomic E-state index is 0.0377. The summed E-state index contributed by atoms with van der Waals surface area (Å²) in [7, 11) is 0. The third kappa shape index (κ3) is 3.78. The molecule has 0 saturated carbocycles. The van der Waals surface area contributed by atoms with Gasteiger partial charge in [-0.1, -0.05) is 20.3 Å². The fraction of sp³-hybridized carbons (Fsp3) is 0.818. The second-order valence-electron chi connectivity index (χ2n) is 3.91. The molecule has 3 nitrogen and oxygen atoms in total. The van der Waals surface area contributed by atoms with Crippen molar-refractivity contribution in [2.45, 2.75) is 46.6 Å². The Morgan fingerprint density at radius 2 is 2.00 bits per heavy atom. The lowest BCUT2D eigenvalue weighted by atomic mass is 10.0. The van der Waals surface area contributed by atoms with Gasteiger partial charge in [0, 0.05) is 12.0 Å². The Balaban J connectivity index is 4.36. The number of hydrogen-bond acceptors (Lipinski definition) is 2. The van der Waals surface area contributed by atoms with Crippen LogP contribution in [0.3, 0.4) is 0 Å². The van der Waals surface area contributed by atoms with Crippen LogP contribution < -0.4 is 0 Å². The molecule has 0 aromatic carbocycles. The van der Waals surface area contributed by atoms with Gasteiger partial charge in [0.05, 0.1) is 6.07 Å². The van der Waals surface area contributed by atoms with Crippen LogP contribution in [0.5, 0.6) is 0 Å². The zero-order valence-electron chi connectivity index (χ0n) is 9.58. The standard InChI is InChI=1S/C11H20N2O/c1-5-6-10(4)11(14)13(8-7-12)9(2)3/h9-10H,5-6,8H2,1-4H3. The van der Waals surface area contributed by atoms with E-state index in [-0.39, 0.29) is 24.4 Å². The molecule has 0 aliphatic carbocycles. The van der Waals surface area contributed by atoms with Gasteiger partial charge in [-0.3, -0.25) is 4.79 Å². The average Bonchev–Trinajstić information content (AvgIpc) is 2.13. The summed E-state index contributed by atoms with van der Waals surface area (Å²) in [5.74, 6) is 0.138. The Morgan fingerprint density at radius 1 is 1.43 bits per heavy atom. The van der Waals surface area contributed by atoms with Gasteiger partial charge in [-0.05, 0) is 20.3 Å². The number of nitrogens with zero attached hydrogens (tertiary/aromatic N) is 2. The van der Waals surface area contributed by atoms with Crippen LogP contribution in [0.1, 0.15) is 40.5 Å².